The van der Waals surface area contributed by atoms with Gasteiger partial charge in [-0.2, -0.15) is 0 Å². The number of likely N-dealkylation sites (N-methyl/N-ethyl adjacent to an activating group) is 2. The zero-order valence-electron chi connectivity index (χ0n) is 12.7. The molecule has 0 fully saturated rings. The van der Waals surface area contributed by atoms with Crippen LogP contribution in [0, 0.1) is 0 Å². The largest absolute Gasteiger partial charge is 0.348 e. The third-order valence-electron chi connectivity index (χ3n) is 4.01. The van der Waals surface area contributed by atoms with Gasteiger partial charge in [0.1, 0.15) is 0 Å². The molecular formula is C16H25N3O. The summed E-state index contributed by atoms with van der Waals surface area (Å²) in [5.74, 6) is 0.168. The van der Waals surface area contributed by atoms with Crippen LogP contribution in [-0.4, -0.2) is 49.4 Å². The van der Waals surface area contributed by atoms with Crippen LogP contribution in [0.2, 0.25) is 0 Å². The molecule has 0 saturated carbocycles. The van der Waals surface area contributed by atoms with E-state index >= 15 is 0 Å². The summed E-state index contributed by atoms with van der Waals surface area (Å²) in [5.41, 5.74) is 2.72. The molecule has 1 heterocycles. The van der Waals surface area contributed by atoms with E-state index in [2.05, 4.69) is 41.4 Å². The maximum atomic E-state index is 12.0. The van der Waals surface area contributed by atoms with Crippen LogP contribution < -0.4 is 5.32 Å². The highest BCUT2D eigenvalue weighted by Gasteiger charge is 2.25. The third-order valence-corrected chi connectivity index (χ3v) is 4.01. The van der Waals surface area contributed by atoms with Gasteiger partial charge in [-0.25, -0.2) is 0 Å². The first kappa shape index (κ1) is 15.0. The summed E-state index contributed by atoms with van der Waals surface area (Å²) >= 11 is 0. The molecule has 2 rings (SSSR count). The van der Waals surface area contributed by atoms with E-state index in [1.165, 1.54) is 11.1 Å². The minimum atomic E-state index is 0.168. The van der Waals surface area contributed by atoms with Gasteiger partial charge in [0.2, 0.25) is 5.91 Å². The Kier molecular flexibility index (Phi) is 5.15. The van der Waals surface area contributed by atoms with Gasteiger partial charge in [0.15, 0.2) is 0 Å². The topological polar surface area (TPSA) is 35.6 Å². The van der Waals surface area contributed by atoms with Crippen molar-refractivity contribution in [2.45, 2.75) is 25.9 Å². The van der Waals surface area contributed by atoms with Crippen LogP contribution in [0.25, 0.3) is 0 Å². The average molecular weight is 275 g/mol. The first-order valence-electron chi connectivity index (χ1n) is 7.36. The van der Waals surface area contributed by atoms with Gasteiger partial charge < -0.3 is 10.2 Å². The number of benzene rings is 1. The van der Waals surface area contributed by atoms with Gasteiger partial charge in [0.05, 0.1) is 6.54 Å². The molecular weight excluding hydrogens is 250 g/mol. The van der Waals surface area contributed by atoms with E-state index in [-0.39, 0.29) is 5.91 Å². The lowest BCUT2D eigenvalue weighted by Crippen LogP contribution is -2.39. The fourth-order valence-corrected chi connectivity index (χ4v) is 2.77. The van der Waals surface area contributed by atoms with Gasteiger partial charge in [-0.3, -0.25) is 9.69 Å². The van der Waals surface area contributed by atoms with E-state index < -0.39 is 0 Å². The lowest BCUT2D eigenvalue weighted by Gasteiger charge is -2.31. The van der Waals surface area contributed by atoms with Gasteiger partial charge in [-0.15, -0.1) is 0 Å². The van der Waals surface area contributed by atoms with Crippen molar-refractivity contribution in [1.82, 2.24) is 15.1 Å². The number of hydrogen-bond donors (Lipinski definition) is 1. The SMILES string of the molecule is CCN(CC(=O)N(C)C)C1CCNCc2ccccc21. The van der Waals surface area contributed by atoms with Crippen LogP contribution in [0.3, 0.4) is 0 Å². The molecule has 4 nitrogen and oxygen atoms in total. The first-order chi connectivity index (χ1) is 9.63. The van der Waals surface area contributed by atoms with Crippen molar-refractivity contribution >= 4 is 5.91 Å². The molecule has 1 aromatic rings. The maximum Gasteiger partial charge on any atom is 0.236 e. The van der Waals surface area contributed by atoms with Crippen molar-refractivity contribution in [3.05, 3.63) is 35.4 Å². The minimum absolute atomic E-state index is 0.168. The minimum Gasteiger partial charge on any atom is -0.348 e. The second-order valence-corrected chi connectivity index (χ2v) is 5.53. The molecule has 110 valence electrons. The summed E-state index contributed by atoms with van der Waals surface area (Å²) in [6, 6.07) is 8.90. The lowest BCUT2D eigenvalue weighted by atomic mass is 9.98. The monoisotopic (exact) mass is 275 g/mol. The quantitative estimate of drug-likeness (QED) is 0.907. The van der Waals surface area contributed by atoms with Crippen molar-refractivity contribution in [3.63, 3.8) is 0 Å². The lowest BCUT2D eigenvalue weighted by molar-refractivity contribution is -0.130. The molecule has 0 spiro atoms. The van der Waals surface area contributed by atoms with Crippen LogP contribution in [0.15, 0.2) is 24.3 Å². The number of carbonyl (C=O) groups excluding carboxylic acids is 1. The van der Waals surface area contributed by atoms with E-state index in [0.717, 1.165) is 26.1 Å². The van der Waals surface area contributed by atoms with Crippen molar-refractivity contribution < 1.29 is 4.79 Å². The number of rotatable bonds is 4. The number of hydrogen-bond acceptors (Lipinski definition) is 3. The average Bonchev–Trinajstić information content (AvgIpc) is 2.66. The Balaban J connectivity index is 2.22. The molecule has 1 N–H and O–H groups in total. The summed E-state index contributed by atoms with van der Waals surface area (Å²) in [6.45, 7) is 5.42. The smallest absolute Gasteiger partial charge is 0.236 e. The Morgan fingerprint density at radius 1 is 1.35 bits per heavy atom. The van der Waals surface area contributed by atoms with E-state index in [1.54, 1.807) is 4.90 Å². The van der Waals surface area contributed by atoms with E-state index in [1.807, 2.05) is 14.1 Å². The van der Waals surface area contributed by atoms with E-state index in [9.17, 15) is 4.79 Å². The predicted molar refractivity (Wildman–Crippen MR) is 81.4 cm³/mol. The van der Waals surface area contributed by atoms with Crippen LogP contribution >= 0.6 is 0 Å². The Morgan fingerprint density at radius 3 is 2.80 bits per heavy atom. The molecule has 1 aliphatic rings. The van der Waals surface area contributed by atoms with Crippen molar-refractivity contribution in [2.24, 2.45) is 0 Å². The molecule has 1 atom stereocenters. The molecule has 20 heavy (non-hydrogen) atoms. The molecule has 0 saturated heterocycles. The molecule has 1 amide bonds. The van der Waals surface area contributed by atoms with Crippen LogP contribution in [-0.2, 0) is 11.3 Å². The normalized spacial score (nSPS) is 18.5. The number of nitrogens with one attached hydrogen (secondary N) is 1. The van der Waals surface area contributed by atoms with Crippen molar-refractivity contribution in [3.8, 4) is 0 Å². The second kappa shape index (κ2) is 6.86. The Labute approximate surface area is 121 Å². The molecule has 0 radical (unpaired) electrons. The Morgan fingerprint density at radius 2 is 2.10 bits per heavy atom. The van der Waals surface area contributed by atoms with E-state index in [0.29, 0.717) is 12.6 Å². The van der Waals surface area contributed by atoms with Crippen molar-refractivity contribution in [2.75, 3.05) is 33.7 Å². The zero-order valence-corrected chi connectivity index (χ0v) is 12.7. The molecule has 1 unspecified atom stereocenters. The molecule has 0 aromatic heterocycles. The van der Waals surface area contributed by atoms with E-state index in [4.69, 9.17) is 0 Å². The molecule has 1 aromatic carbocycles. The maximum absolute atomic E-state index is 12.0. The Hall–Kier alpha value is -1.39. The van der Waals surface area contributed by atoms with Crippen LogP contribution in [0.1, 0.15) is 30.5 Å². The Bertz CT molecular complexity index is 459. The molecule has 1 aliphatic heterocycles. The summed E-state index contributed by atoms with van der Waals surface area (Å²) in [5, 5.41) is 3.47. The molecule has 4 heteroatoms. The molecule has 0 bridgehead atoms. The van der Waals surface area contributed by atoms with Gasteiger partial charge in [-0.05, 0) is 30.6 Å². The van der Waals surface area contributed by atoms with Crippen LogP contribution in [0.4, 0.5) is 0 Å². The fourth-order valence-electron chi connectivity index (χ4n) is 2.77. The summed E-state index contributed by atoms with van der Waals surface area (Å²) < 4.78 is 0. The van der Waals surface area contributed by atoms with Crippen molar-refractivity contribution in [1.29, 1.82) is 0 Å². The summed E-state index contributed by atoms with van der Waals surface area (Å²) in [6.07, 6.45) is 1.05. The second-order valence-electron chi connectivity index (χ2n) is 5.53. The number of carbonyl (C=O) groups is 1. The van der Waals surface area contributed by atoms with Crippen LogP contribution in [0.5, 0.6) is 0 Å². The number of fused-ring (bicyclic) bond motifs is 1. The third kappa shape index (κ3) is 3.38. The first-order valence-corrected chi connectivity index (χ1v) is 7.36. The standard InChI is InChI=1S/C16H25N3O/c1-4-19(12-16(20)18(2)3)15-9-10-17-11-13-7-5-6-8-14(13)15/h5-8,15,17H,4,9-12H2,1-3H3. The predicted octanol–water partition coefficient (Wildman–Crippen LogP) is 1.63. The number of nitrogens with zero attached hydrogens (tertiary/aromatic N) is 2. The zero-order chi connectivity index (χ0) is 14.5. The highest BCUT2D eigenvalue weighted by molar-refractivity contribution is 5.77. The highest BCUT2D eigenvalue weighted by atomic mass is 16.2. The molecule has 0 aliphatic carbocycles. The van der Waals surface area contributed by atoms with Gasteiger partial charge in [0.25, 0.3) is 0 Å². The fraction of sp³-hybridized carbons (Fsp3) is 0.562. The highest BCUT2D eigenvalue weighted by Crippen LogP contribution is 2.28. The summed E-state index contributed by atoms with van der Waals surface area (Å²) in [7, 11) is 3.64. The van der Waals surface area contributed by atoms with Gasteiger partial charge >= 0.3 is 0 Å². The number of amides is 1. The summed E-state index contributed by atoms with van der Waals surface area (Å²) in [4.78, 5) is 16.0. The van der Waals surface area contributed by atoms with Gasteiger partial charge in [-0.1, -0.05) is 31.2 Å². The van der Waals surface area contributed by atoms with Gasteiger partial charge in [0, 0.05) is 26.7 Å².